The number of ether oxygens (including phenoxy) is 3. The summed E-state index contributed by atoms with van der Waals surface area (Å²) in [6.45, 7) is 2.90. The summed E-state index contributed by atoms with van der Waals surface area (Å²) in [6.07, 6.45) is 4.06. The van der Waals surface area contributed by atoms with Gasteiger partial charge in [0.25, 0.3) is 0 Å². The first-order chi connectivity index (χ1) is 11.9. The van der Waals surface area contributed by atoms with Gasteiger partial charge in [0.15, 0.2) is 11.6 Å². The van der Waals surface area contributed by atoms with Crippen LogP contribution in [0.1, 0.15) is 31.4 Å². The number of benzene rings is 1. The molecule has 1 aromatic carbocycles. The van der Waals surface area contributed by atoms with Crippen LogP contribution < -0.4 is 9.47 Å². The molecule has 0 bridgehead atoms. The summed E-state index contributed by atoms with van der Waals surface area (Å²) in [5.41, 5.74) is -1.17. The van der Waals surface area contributed by atoms with Crippen molar-refractivity contribution < 1.29 is 28.6 Å². The molecule has 0 saturated carbocycles. The molecular weight excluding hydrogens is 324 g/mol. The van der Waals surface area contributed by atoms with E-state index in [1.807, 2.05) is 0 Å². The molecule has 25 heavy (non-hydrogen) atoms. The Balaban J connectivity index is 2.91. The molecule has 1 unspecified atom stereocenters. The van der Waals surface area contributed by atoms with Crippen LogP contribution in [-0.2, 0) is 31.0 Å². The SMILES string of the molecule is CCOC(=O)C1(C(C)=O)C(=O)/C=C\CCc2cc(OC)cc(OC)c21. The van der Waals surface area contributed by atoms with Crippen LogP contribution in [0.15, 0.2) is 24.3 Å². The Morgan fingerprint density at radius 1 is 1.20 bits per heavy atom. The Labute approximate surface area is 146 Å². The zero-order valence-corrected chi connectivity index (χ0v) is 14.9. The van der Waals surface area contributed by atoms with Gasteiger partial charge in [-0.3, -0.25) is 14.4 Å². The fourth-order valence-electron chi connectivity index (χ4n) is 3.16. The average molecular weight is 346 g/mol. The molecule has 134 valence electrons. The zero-order chi connectivity index (χ0) is 18.6. The molecule has 0 heterocycles. The minimum atomic E-state index is -2.07. The van der Waals surface area contributed by atoms with Gasteiger partial charge in [-0.25, -0.2) is 0 Å². The summed E-state index contributed by atoms with van der Waals surface area (Å²) in [7, 11) is 2.93. The molecular formula is C19H22O6. The first-order valence-electron chi connectivity index (χ1n) is 8.08. The van der Waals surface area contributed by atoms with E-state index in [4.69, 9.17) is 14.2 Å². The topological polar surface area (TPSA) is 78.9 Å². The number of aryl methyl sites for hydroxylation is 1. The standard InChI is InChI=1S/C19H22O6/c1-5-25-18(22)19(12(2)20)16(21)9-7-6-8-13-10-14(23-3)11-15(24-4)17(13)19/h7,9-11H,5-6,8H2,1-4H3/b9-7-. The number of esters is 1. The van der Waals surface area contributed by atoms with Crippen LogP contribution >= 0.6 is 0 Å². The molecule has 1 aliphatic rings. The summed E-state index contributed by atoms with van der Waals surface area (Å²) >= 11 is 0. The second-order valence-corrected chi connectivity index (χ2v) is 5.70. The van der Waals surface area contributed by atoms with Crippen LogP contribution in [0, 0.1) is 0 Å². The van der Waals surface area contributed by atoms with Gasteiger partial charge in [0, 0.05) is 11.6 Å². The fourth-order valence-corrected chi connectivity index (χ4v) is 3.16. The van der Waals surface area contributed by atoms with Gasteiger partial charge < -0.3 is 14.2 Å². The van der Waals surface area contributed by atoms with Crippen molar-refractivity contribution in [2.75, 3.05) is 20.8 Å². The largest absolute Gasteiger partial charge is 0.497 e. The van der Waals surface area contributed by atoms with Gasteiger partial charge in [0.05, 0.1) is 20.8 Å². The minimum absolute atomic E-state index is 0.0542. The highest BCUT2D eigenvalue weighted by Gasteiger charge is 2.55. The first-order valence-corrected chi connectivity index (χ1v) is 8.08. The van der Waals surface area contributed by atoms with Crippen molar-refractivity contribution >= 4 is 17.5 Å². The van der Waals surface area contributed by atoms with E-state index >= 15 is 0 Å². The molecule has 0 radical (unpaired) electrons. The second kappa shape index (κ2) is 7.51. The summed E-state index contributed by atoms with van der Waals surface area (Å²) in [5, 5.41) is 0. The van der Waals surface area contributed by atoms with E-state index in [9.17, 15) is 14.4 Å². The Morgan fingerprint density at radius 2 is 1.92 bits per heavy atom. The minimum Gasteiger partial charge on any atom is -0.497 e. The van der Waals surface area contributed by atoms with Gasteiger partial charge in [-0.15, -0.1) is 0 Å². The molecule has 0 N–H and O–H groups in total. The van der Waals surface area contributed by atoms with Gasteiger partial charge in [0.2, 0.25) is 5.41 Å². The molecule has 0 fully saturated rings. The first kappa shape index (κ1) is 18.7. The molecule has 6 heteroatoms. The van der Waals surface area contributed by atoms with Crippen molar-refractivity contribution in [3.05, 3.63) is 35.4 Å². The maximum atomic E-state index is 12.9. The number of methoxy groups -OCH3 is 2. The lowest BCUT2D eigenvalue weighted by atomic mass is 9.69. The monoisotopic (exact) mass is 346 g/mol. The highest BCUT2D eigenvalue weighted by molar-refractivity contribution is 6.31. The third-order valence-electron chi connectivity index (χ3n) is 4.32. The van der Waals surface area contributed by atoms with Gasteiger partial charge in [-0.2, -0.15) is 0 Å². The summed E-state index contributed by atoms with van der Waals surface area (Å²) in [5.74, 6) is -1.34. The average Bonchev–Trinajstić information content (AvgIpc) is 2.58. The predicted molar refractivity (Wildman–Crippen MR) is 91.0 cm³/mol. The lowest BCUT2D eigenvalue weighted by Crippen LogP contribution is -2.51. The molecule has 2 rings (SSSR count). The highest BCUT2D eigenvalue weighted by Crippen LogP contribution is 2.42. The maximum absolute atomic E-state index is 12.9. The Bertz CT molecular complexity index is 734. The van der Waals surface area contributed by atoms with E-state index in [-0.39, 0.29) is 17.9 Å². The fraction of sp³-hybridized carbons (Fsp3) is 0.421. The number of hydrogen-bond acceptors (Lipinski definition) is 6. The molecule has 1 aliphatic carbocycles. The quantitative estimate of drug-likeness (QED) is 0.600. The highest BCUT2D eigenvalue weighted by atomic mass is 16.5. The van der Waals surface area contributed by atoms with Gasteiger partial charge in [0.1, 0.15) is 11.5 Å². The van der Waals surface area contributed by atoms with Crippen LogP contribution in [0.2, 0.25) is 0 Å². The third-order valence-corrected chi connectivity index (χ3v) is 4.32. The van der Waals surface area contributed by atoms with Crippen LogP contribution in [0.4, 0.5) is 0 Å². The van der Waals surface area contributed by atoms with Gasteiger partial charge in [-0.1, -0.05) is 6.08 Å². The van der Waals surface area contributed by atoms with E-state index < -0.39 is 23.0 Å². The molecule has 0 aliphatic heterocycles. The number of allylic oxidation sites excluding steroid dienone is 2. The molecule has 6 nitrogen and oxygen atoms in total. The second-order valence-electron chi connectivity index (χ2n) is 5.70. The summed E-state index contributed by atoms with van der Waals surface area (Å²) in [4.78, 5) is 38.4. The molecule has 0 saturated heterocycles. The lowest BCUT2D eigenvalue weighted by molar-refractivity contribution is -0.156. The van der Waals surface area contributed by atoms with Crippen molar-refractivity contribution in [3.8, 4) is 11.5 Å². The van der Waals surface area contributed by atoms with E-state index in [0.717, 1.165) is 0 Å². The Kier molecular flexibility index (Phi) is 5.62. The van der Waals surface area contributed by atoms with Crippen molar-refractivity contribution in [2.45, 2.75) is 32.1 Å². The summed E-state index contributed by atoms with van der Waals surface area (Å²) in [6, 6.07) is 3.29. The number of carbonyl (C=O) groups is 3. The number of fused-ring (bicyclic) bond motifs is 1. The zero-order valence-electron chi connectivity index (χ0n) is 14.9. The van der Waals surface area contributed by atoms with Gasteiger partial charge >= 0.3 is 5.97 Å². The van der Waals surface area contributed by atoms with Crippen LogP contribution in [0.3, 0.4) is 0 Å². The van der Waals surface area contributed by atoms with Crippen LogP contribution in [0.5, 0.6) is 11.5 Å². The normalized spacial score (nSPS) is 20.7. The van der Waals surface area contributed by atoms with Crippen LogP contribution in [0.25, 0.3) is 0 Å². The smallest absolute Gasteiger partial charge is 0.332 e. The molecule has 0 amide bonds. The molecule has 0 spiro atoms. The van der Waals surface area contributed by atoms with Crippen LogP contribution in [-0.4, -0.2) is 38.4 Å². The Hall–Kier alpha value is -2.63. The number of rotatable bonds is 5. The predicted octanol–water partition coefficient (Wildman–Crippen LogP) is 2.17. The molecule has 1 aromatic rings. The van der Waals surface area contributed by atoms with E-state index in [1.54, 1.807) is 25.1 Å². The third kappa shape index (κ3) is 3.04. The van der Waals surface area contributed by atoms with Crippen molar-refractivity contribution in [1.82, 2.24) is 0 Å². The van der Waals surface area contributed by atoms with Crippen molar-refractivity contribution in [1.29, 1.82) is 0 Å². The molecule has 1 atom stereocenters. The van der Waals surface area contributed by atoms with Crippen molar-refractivity contribution in [2.24, 2.45) is 0 Å². The van der Waals surface area contributed by atoms with E-state index in [2.05, 4.69) is 0 Å². The summed E-state index contributed by atoms with van der Waals surface area (Å²) < 4.78 is 15.8. The van der Waals surface area contributed by atoms with Crippen molar-refractivity contribution in [3.63, 3.8) is 0 Å². The van der Waals surface area contributed by atoms with Gasteiger partial charge in [-0.05, 0) is 44.4 Å². The molecule has 0 aromatic heterocycles. The number of carbonyl (C=O) groups excluding carboxylic acids is 3. The number of Topliss-reactive ketones (excluding diaryl/α,β-unsaturated/α-hetero) is 1. The Morgan fingerprint density at radius 3 is 2.48 bits per heavy atom. The maximum Gasteiger partial charge on any atom is 0.332 e. The van der Waals surface area contributed by atoms with E-state index in [0.29, 0.717) is 24.2 Å². The number of hydrogen-bond donors (Lipinski definition) is 0. The van der Waals surface area contributed by atoms with E-state index in [1.165, 1.54) is 27.2 Å². The lowest BCUT2D eigenvalue weighted by Gasteiger charge is -2.31. The number of ketones is 2.